The normalized spacial score (nSPS) is 11.7. The minimum absolute atomic E-state index is 0.285. The van der Waals surface area contributed by atoms with Crippen molar-refractivity contribution in [2.24, 2.45) is 5.92 Å². The molecule has 1 heterocycles. The number of halogens is 1. The molecule has 0 aliphatic heterocycles. The van der Waals surface area contributed by atoms with E-state index in [2.05, 4.69) is 10.3 Å². The first kappa shape index (κ1) is 18.7. The average Bonchev–Trinajstić information content (AvgIpc) is 3.10. The molecule has 5 nitrogen and oxygen atoms in total. The quantitative estimate of drug-likeness (QED) is 0.639. The molecule has 0 aliphatic carbocycles. The molecule has 3 aromatic rings. The highest BCUT2D eigenvalue weighted by Gasteiger charge is 2.23. The van der Waals surface area contributed by atoms with Crippen molar-refractivity contribution >= 4 is 28.3 Å². The van der Waals surface area contributed by atoms with E-state index in [4.69, 9.17) is 5.11 Å². The first-order chi connectivity index (χ1) is 13.0. The van der Waals surface area contributed by atoms with Crippen molar-refractivity contribution in [1.82, 2.24) is 4.98 Å². The van der Waals surface area contributed by atoms with Gasteiger partial charge in [0.05, 0.1) is 18.0 Å². The summed E-state index contributed by atoms with van der Waals surface area (Å²) in [4.78, 5) is 28.0. The van der Waals surface area contributed by atoms with Crippen LogP contribution >= 0.6 is 11.3 Å². The van der Waals surface area contributed by atoms with Crippen molar-refractivity contribution in [1.29, 1.82) is 0 Å². The Labute approximate surface area is 159 Å². The minimum Gasteiger partial charge on any atom is -0.481 e. The molecular weight excluding hydrogens is 367 g/mol. The summed E-state index contributed by atoms with van der Waals surface area (Å²) in [6, 6.07) is 15.5. The number of anilines is 1. The van der Waals surface area contributed by atoms with Crippen molar-refractivity contribution in [3.8, 4) is 11.3 Å². The van der Waals surface area contributed by atoms with Gasteiger partial charge in [0.2, 0.25) is 5.91 Å². The van der Waals surface area contributed by atoms with Crippen LogP contribution < -0.4 is 5.32 Å². The smallest absolute Gasteiger partial charge is 0.304 e. The van der Waals surface area contributed by atoms with Crippen LogP contribution in [-0.4, -0.2) is 22.0 Å². The summed E-state index contributed by atoms with van der Waals surface area (Å²) in [6.45, 7) is 0. The second kappa shape index (κ2) is 8.55. The zero-order valence-electron chi connectivity index (χ0n) is 14.3. The minimum atomic E-state index is -1.04. The highest BCUT2D eigenvalue weighted by atomic mass is 32.1. The fourth-order valence-electron chi connectivity index (χ4n) is 2.70. The monoisotopic (exact) mass is 384 g/mol. The lowest BCUT2D eigenvalue weighted by Gasteiger charge is -2.14. The largest absolute Gasteiger partial charge is 0.481 e. The SMILES string of the molecule is O=C(O)C[C@@H](Cc1ccccc1)C(=O)Nc1nc(-c2ccccc2F)cs1. The molecule has 1 amide bonds. The molecule has 3 rings (SSSR count). The number of amides is 1. The number of carbonyl (C=O) groups is 2. The molecule has 2 aromatic carbocycles. The zero-order valence-corrected chi connectivity index (χ0v) is 15.1. The Morgan fingerprint density at radius 3 is 2.52 bits per heavy atom. The standard InChI is InChI=1S/C20H17FN2O3S/c21-16-9-5-4-8-15(16)17-12-27-20(22-17)23-19(26)14(11-18(24)25)10-13-6-2-1-3-7-13/h1-9,12,14H,10-11H2,(H,24,25)(H,22,23,26)/t14-/m1/s1. The summed E-state index contributed by atoms with van der Waals surface area (Å²) in [5.74, 6) is -2.59. The van der Waals surface area contributed by atoms with Gasteiger partial charge in [0.1, 0.15) is 5.82 Å². The van der Waals surface area contributed by atoms with Gasteiger partial charge in [0.25, 0.3) is 0 Å². The van der Waals surface area contributed by atoms with Crippen LogP contribution in [0.25, 0.3) is 11.3 Å². The lowest BCUT2D eigenvalue weighted by Crippen LogP contribution is -2.27. The number of nitrogens with zero attached hydrogens (tertiary/aromatic N) is 1. The van der Waals surface area contributed by atoms with Crippen LogP contribution in [0.1, 0.15) is 12.0 Å². The molecule has 0 radical (unpaired) electrons. The molecule has 0 aliphatic rings. The van der Waals surface area contributed by atoms with E-state index in [0.717, 1.165) is 5.56 Å². The van der Waals surface area contributed by atoms with Gasteiger partial charge >= 0.3 is 5.97 Å². The summed E-state index contributed by atoms with van der Waals surface area (Å²) < 4.78 is 13.9. The molecule has 1 aromatic heterocycles. The molecule has 0 saturated heterocycles. The van der Waals surface area contributed by atoms with Crippen LogP contribution in [0.4, 0.5) is 9.52 Å². The van der Waals surface area contributed by atoms with Crippen LogP contribution in [-0.2, 0) is 16.0 Å². The lowest BCUT2D eigenvalue weighted by molar-refractivity contribution is -0.140. The molecule has 7 heteroatoms. The Bertz CT molecular complexity index is 943. The maximum Gasteiger partial charge on any atom is 0.304 e. The Hall–Kier alpha value is -3.06. The zero-order chi connectivity index (χ0) is 19.2. The highest BCUT2D eigenvalue weighted by Crippen LogP contribution is 2.27. The van der Waals surface area contributed by atoms with E-state index in [1.165, 1.54) is 17.4 Å². The Morgan fingerprint density at radius 2 is 1.81 bits per heavy atom. The number of thiazole rings is 1. The number of carboxylic acids is 1. The molecule has 0 spiro atoms. The number of hydrogen-bond acceptors (Lipinski definition) is 4. The van der Waals surface area contributed by atoms with E-state index >= 15 is 0 Å². The molecule has 0 fully saturated rings. The summed E-state index contributed by atoms with van der Waals surface area (Å²) in [7, 11) is 0. The molecule has 138 valence electrons. The molecular formula is C20H17FN2O3S. The molecule has 0 bridgehead atoms. The van der Waals surface area contributed by atoms with E-state index in [1.807, 2.05) is 30.3 Å². The Kier molecular flexibility index (Phi) is 5.93. The van der Waals surface area contributed by atoms with Gasteiger partial charge < -0.3 is 10.4 Å². The van der Waals surface area contributed by atoms with Crippen molar-refractivity contribution in [3.05, 3.63) is 71.4 Å². The number of rotatable bonds is 7. The van der Waals surface area contributed by atoms with Crippen molar-refractivity contribution in [2.75, 3.05) is 5.32 Å². The summed E-state index contributed by atoms with van der Waals surface area (Å²) >= 11 is 1.17. The third-order valence-corrected chi connectivity index (χ3v) is 4.76. The molecule has 0 saturated carbocycles. The van der Waals surface area contributed by atoms with Crippen LogP contribution in [0.5, 0.6) is 0 Å². The first-order valence-electron chi connectivity index (χ1n) is 8.30. The molecule has 0 unspecified atom stereocenters. The number of hydrogen-bond donors (Lipinski definition) is 2. The van der Waals surface area contributed by atoms with Crippen LogP contribution in [0.15, 0.2) is 60.0 Å². The average molecular weight is 384 g/mol. The first-order valence-corrected chi connectivity index (χ1v) is 9.18. The number of aliphatic carboxylic acids is 1. The van der Waals surface area contributed by atoms with Gasteiger partial charge in [-0.25, -0.2) is 9.37 Å². The van der Waals surface area contributed by atoms with E-state index in [9.17, 15) is 14.0 Å². The van der Waals surface area contributed by atoms with Gasteiger partial charge in [0.15, 0.2) is 5.13 Å². The van der Waals surface area contributed by atoms with E-state index in [0.29, 0.717) is 22.8 Å². The second-order valence-electron chi connectivity index (χ2n) is 5.99. The van der Waals surface area contributed by atoms with Crippen molar-refractivity contribution < 1.29 is 19.1 Å². The van der Waals surface area contributed by atoms with Gasteiger partial charge in [-0.2, -0.15) is 0 Å². The molecule has 27 heavy (non-hydrogen) atoms. The fourth-order valence-corrected chi connectivity index (χ4v) is 3.41. The third-order valence-electron chi connectivity index (χ3n) is 4.00. The van der Waals surface area contributed by atoms with Crippen LogP contribution in [0.3, 0.4) is 0 Å². The fraction of sp³-hybridized carbons (Fsp3) is 0.150. The van der Waals surface area contributed by atoms with Gasteiger partial charge in [0, 0.05) is 10.9 Å². The maximum atomic E-state index is 13.9. The summed E-state index contributed by atoms with van der Waals surface area (Å²) in [5, 5.41) is 13.7. The van der Waals surface area contributed by atoms with Gasteiger partial charge in [-0.3, -0.25) is 9.59 Å². The second-order valence-corrected chi connectivity index (χ2v) is 6.85. The van der Waals surface area contributed by atoms with Gasteiger partial charge in [-0.05, 0) is 24.1 Å². The Morgan fingerprint density at radius 1 is 1.11 bits per heavy atom. The maximum absolute atomic E-state index is 13.9. The number of carbonyl (C=O) groups excluding carboxylic acids is 1. The van der Waals surface area contributed by atoms with E-state index in [-0.39, 0.29) is 6.42 Å². The molecule has 2 N–H and O–H groups in total. The topological polar surface area (TPSA) is 79.3 Å². The van der Waals surface area contributed by atoms with Crippen LogP contribution in [0, 0.1) is 11.7 Å². The van der Waals surface area contributed by atoms with Crippen molar-refractivity contribution in [3.63, 3.8) is 0 Å². The van der Waals surface area contributed by atoms with E-state index in [1.54, 1.807) is 23.6 Å². The van der Waals surface area contributed by atoms with E-state index < -0.39 is 23.6 Å². The summed E-state index contributed by atoms with van der Waals surface area (Å²) in [6.07, 6.45) is 0.0246. The predicted octanol–water partition coefficient (Wildman–Crippen LogP) is 4.22. The number of carboxylic acid groups (broad SMARTS) is 1. The number of benzene rings is 2. The van der Waals surface area contributed by atoms with Gasteiger partial charge in [-0.15, -0.1) is 11.3 Å². The molecule has 1 atom stereocenters. The third kappa shape index (κ3) is 4.98. The number of nitrogens with one attached hydrogen (secondary N) is 1. The lowest BCUT2D eigenvalue weighted by atomic mass is 9.95. The highest BCUT2D eigenvalue weighted by molar-refractivity contribution is 7.14. The number of aromatic nitrogens is 1. The van der Waals surface area contributed by atoms with Crippen LogP contribution in [0.2, 0.25) is 0 Å². The summed E-state index contributed by atoms with van der Waals surface area (Å²) in [5.41, 5.74) is 1.65. The van der Waals surface area contributed by atoms with Gasteiger partial charge in [-0.1, -0.05) is 42.5 Å². The Balaban J connectivity index is 1.74. The van der Waals surface area contributed by atoms with Crippen molar-refractivity contribution in [2.45, 2.75) is 12.8 Å². The predicted molar refractivity (Wildman–Crippen MR) is 102 cm³/mol.